The van der Waals surface area contributed by atoms with Gasteiger partial charge < -0.3 is 13.9 Å². The number of rotatable bonds is 6. The molecule has 0 aliphatic carbocycles. The number of fused-ring (bicyclic) bond motifs is 6. The van der Waals surface area contributed by atoms with Crippen LogP contribution in [0.25, 0.3) is 71.7 Å². The Kier molecular flexibility index (Phi) is 7.48. The Morgan fingerprint density at radius 1 is 0.426 bits per heavy atom. The first-order valence-electron chi connectivity index (χ1n) is 18.6. The highest BCUT2D eigenvalue weighted by Crippen LogP contribution is 2.48. The van der Waals surface area contributed by atoms with Crippen molar-refractivity contribution >= 4 is 60.8 Å². The number of aryl methyl sites for hydroxylation is 3. The Morgan fingerprint density at radius 3 is 1.76 bits per heavy atom. The second kappa shape index (κ2) is 12.7. The first kappa shape index (κ1) is 31.9. The van der Waals surface area contributed by atoms with E-state index in [0.29, 0.717) is 0 Å². The molecular weight excluding hydrogens is 657 g/mol. The normalized spacial score (nSPS) is 11.6. The number of anilines is 3. The van der Waals surface area contributed by atoms with Gasteiger partial charge in [-0.25, -0.2) is 0 Å². The van der Waals surface area contributed by atoms with Crippen LogP contribution in [0.1, 0.15) is 16.7 Å². The average Bonchev–Trinajstić information content (AvgIpc) is 3.77. The van der Waals surface area contributed by atoms with E-state index in [9.17, 15) is 0 Å². The number of para-hydroxylation sites is 4. The second-order valence-corrected chi connectivity index (χ2v) is 14.3. The van der Waals surface area contributed by atoms with Gasteiger partial charge in [0.25, 0.3) is 0 Å². The van der Waals surface area contributed by atoms with Gasteiger partial charge in [-0.1, -0.05) is 115 Å². The van der Waals surface area contributed by atoms with Crippen LogP contribution < -0.4 is 4.90 Å². The highest BCUT2D eigenvalue weighted by atomic mass is 16.3. The van der Waals surface area contributed by atoms with E-state index in [2.05, 4.69) is 206 Å². The van der Waals surface area contributed by atoms with Gasteiger partial charge in [-0.3, -0.25) is 0 Å². The van der Waals surface area contributed by atoms with Crippen LogP contribution >= 0.6 is 0 Å². The summed E-state index contributed by atoms with van der Waals surface area (Å²) in [6.45, 7) is 6.64. The van der Waals surface area contributed by atoms with Crippen molar-refractivity contribution in [1.82, 2.24) is 4.57 Å². The average molecular weight is 695 g/mol. The summed E-state index contributed by atoms with van der Waals surface area (Å²) in [6.07, 6.45) is 0. The third-order valence-corrected chi connectivity index (χ3v) is 11.0. The fraction of sp³-hybridized carbons (Fsp3) is 0.0588. The summed E-state index contributed by atoms with van der Waals surface area (Å²) in [4.78, 5) is 2.44. The molecule has 3 heteroatoms. The van der Waals surface area contributed by atoms with Crippen molar-refractivity contribution in [3.63, 3.8) is 0 Å². The highest BCUT2D eigenvalue weighted by Gasteiger charge is 2.24. The van der Waals surface area contributed by atoms with Crippen LogP contribution in [-0.4, -0.2) is 4.57 Å². The van der Waals surface area contributed by atoms with Gasteiger partial charge in [0.2, 0.25) is 0 Å². The van der Waals surface area contributed by atoms with Crippen molar-refractivity contribution in [3.05, 3.63) is 193 Å². The van der Waals surface area contributed by atoms with E-state index in [1.54, 1.807) is 0 Å². The Balaban J connectivity index is 1.17. The molecule has 0 fully saturated rings. The van der Waals surface area contributed by atoms with Crippen molar-refractivity contribution in [1.29, 1.82) is 0 Å². The first-order valence-corrected chi connectivity index (χ1v) is 18.6. The molecule has 3 nitrogen and oxygen atoms in total. The maximum atomic E-state index is 6.85. The lowest BCUT2D eigenvalue weighted by atomic mass is 9.95. The lowest BCUT2D eigenvalue weighted by Crippen LogP contribution is -2.13. The largest absolute Gasteiger partial charge is 0.455 e. The zero-order chi connectivity index (χ0) is 36.3. The van der Waals surface area contributed by atoms with E-state index >= 15 is 0 Å². The van der Waals surface area contributed by atoms with E-state index in [0.717, 1.165) is 55.8 Å². The molecule has 258 valence electrons. The summed E-state index contributed by atoms with van der Waals surface area (Å²) < 4.78 is 9.21. The van der Waals surface area contributed by atoms with E-state index in [1.165, 1.54) is 49.6 Å². The fourth-order valence-corrected chi connectivity index (χ4v) is 8.39. The minimum atomic E-state index is 0.875. The van der Waals surface area contributed by atoms with E-state index in [1.807, 2.05) is 0 Å². The van der Waals surface area contributed by atoms with E-state index in [4.69, 9.17) is 4.42 Å². The molecular formula is C51H38N2O. The Labute approximate surface area is 315 Å². The summed E-state index contributed by atoms with van der Waals surface area (Å²) in [5.41, 5.74) is 17.0. The lowest BCUT2D eigenvalue weighted by molar-refractivity contribution is 0.670. The third-order valence-electron chi connectivity index (χ3n) is 11.0. The summed E-state index contributed by atoms with van der Waals surface area (Å²) in [6, 6.07) is 63.2. The number of aromatic nitrogens is 1. The van der Waals surface area contributed by atoms with Crippen molar-refractivity contribution in [2.45, 2.75) is 20.8 Å². The van der Waals surface area contributed by atoms with Gasteiger partial charge in [0.15, 0.2) is 0 Å². The van der Waals surface area contributed by atoms with Crippen LogP contribution in [0.3, 0.4) is 0 Å². The molecule has 0 radical (unpaired) electrons. The standard InChI is InChI=1S/C51H38N2O/c1-33-15-7-11-21-44(33)53(48-32-34(2)43(31-35(48)3)36-16-5-4-6-17-36)47-30-29-39(51-50(47)42-20-10-14-24-49(42)54-51)37-25-27-38(28-26-37)52-45-22-12-8-18-40(45)41-19-9-13-23-46(41)52/h4-32H,1-3H3. The molecule has 10 rings (SSSR count). The molecule has 0 N–H and O–H groups in total. The maximum Gasteiger partial charge on any atom is 0.145 e. The molecule has 0 aliphatic rings. The number of furan rings is 1. The van der Waals surface area contributed by atoms with Gasteiger partial charge in [0.1, 0.15) is 11.2 Å². The summed E-state index contributed by atoms with van der Waals surface area (Å²) in [7, 11) is 0. The minimum Gasteiger partial charge on any atom is -0.455 e. The molecule has 0 saturated heterocycles. The number of nitrogens with zero attached hydrogens (tertiary/aromatic N) is 2. The predicted molar refractivity (Wildman–Crippen MR) is 228 cm³/mol. The van der Waals surface area contributed by atoms with Gasteiger partial charge in [-0.05, 0) is 115 Å². The molecule has 10 aromatic rings. The Morgan fingerprint density at radius 2 is 1.04 bits per heavy atom. The van der Waals surface area contributed by atoms with Crippen LogP contribution in [0.15, 0.2) is 180 Å². The molecule has 0 unspecified atom stereocenters. The number of hydrogen-bond acceptors (Lipinski definition) is 2. The van der Waals surface area contributed by atoms with E-state index in [-0.39, 0.29) is 0 Å². The molecule has 2 aromatic heterocycles. The summed E-state index contributed by atoms with van der Waals surface area (Å²) >= 11 is 0. The molecule has 54 heavy (non-hydrogen) atoms. The monoisotopic (exact) mass is 694 g/mol. The summed E-state index contributed by atoms with van der Waals surface area (Å²) in [5.74, 6) is 0. The zero-order valence-corrected chi connectivity index (χ0v) is 30.5. The van der Waals surface area contributed by atoms with Crippen molar-refractivity contribution < 1.29 is 4.42 Å². The summed E-state index contributed by atoms with van der Waals surface area (Å²) in [5, 5.41) is 4.72. The molecule has 2 heterocycles. The zero-order valence-electron chi connectivity index (χ0n) is 30.5. The van der Waals surface area contributed by atoms with Crippen molar-refractivity contribution in [2.24, 2.45) is 0 Å². The Bertz CT molecular complexity index is 2970. The molecule has 0 saturated carbocycles. The third kappa shape index (κ3) is 5.04. The SMILES string of the molecule is Cc1cc(N(c2ccccc2C)c2ccc(-c3ccc(-n4c5ccccc5c5ccccc54)cc3)c3oc4ccccc4c23)c(C)cc1-c1ccccc1. The van der Waals surface area contributed by atoms with Crippen LogP contribution in [0.2, 0.25) is 0 Å². The van der Waals surface area contributed by atoms with Gasteiger partial charge in [0, 0.05) is 38.8 Å². The highest BCUT2D eigenvalue weighted by molar-refractivity contribution is 6.17. The molecule has 0 aliphatic heterocycles. The molecule has 0 atom stereocenters. The second-order valence-electron chi connectivity index (χ2n) is 14.3. The first-order chi connectivity index (χ1) is 26.5. The predicted octanol–water partition coefficient (Wildman–Crippen LogP) is 14.4. The number of hydrogen-bond donors (Lipinski definition) is 0. The lowest BCUT2D eigenvalue weighted by Gasteiger charge is -2.30. The molecule has 0 bridgehead atoms. The van der Waals surface area contributed by atoms with Crippen molar-refractivity contribution in [2.75, 3.05) is 4.90 Å². The molecule has 0 spiro atoms. The topological polar surface area (TPSA) is 21.3 Å². The molecule has 0 amide bonds. The minimum absolute atomic E-state index is 0.875. The number of benzene rings is 8. The van der Waals surface area contributed by atoms with Gasteiger partial charge in [0.05, 0.1) is 22.1 Å². The fourth-order valence-electron chi connectivity index (χ4n) is 8.39. The van der Waals surface area contributed by atoms with Crippen LogP contribution in [0.4, 0.5) is 17.1 Å². The van der Waals surface area contributed by atoms with E-state index < -0.39 is 0 Å². The quantitative estimate of drug-likeness (QED) is 0.173. The van der Waals surface area contributed by atoms with Crippen LogP contribution in [0, 0.1) is 20.8 Å². The molecule has 8 aromatic carbocycles. The maximum absolute atomic E-state index is 6.85. The smallest absolute Gasteiger partial charge is 0.145 e. The Hall–Kier alpha value is -6.84. The van der Waals surface area contributed by atoms with Gasteiger partial charge in [-0.2, -0.15) is 0 Å². The van der Waals surface area contributed by atoms with Crippen LogP contribution in [-0.2, 0) is 0 Å². The van der Waals surface area contributed by atoms with Crippen LogP contribution in [0.5, 0.6) is 0 Å². The van der Waals surface area contributed by atoms with Gasteiger partial charge in [-0.15, -0.1) is 0 Å². The van der Waals surface area contributed by atoms with Crippen molar-refractivity contribution in [3.8, 4) is 27.9 Å². The van der Waals surface area contributed by atoms with Gasteiger partial charge >= 0.3 is 0 Å².